The number of aromatic nitrogens is 3. The van der Waals surface area contributed by atoms with Crippen LogP contribution in [0.1, 0.15) is 26.5 Å². The third-order valence-electron chi connectivity index (χ3n) is 2.96. The number of nitrogens with zero attached hydrogens (tertiary/aromatic N) is 1. The first kappa shape index (κ1) is 12.6. The summed E-state index contributed by atoms with van der Waals surface area (Å²) >= 11 is 3.35. The number of aromatic carboxylic acids is 1. The Bertz CT molecular complexity index is 834. The molecular formula is C13H8BrN3O3. The van der Waals surface area contributed by atoms with Gasteiger partial charge in [-0.05, 0) is 18.2 Å². The van der Waals surface area contributed by atoms with E-state index in [4.69, 9.17) is 5.11 Å². The standard InChI is InChI=1S/C13H8BrN3O3/c14-6-1-2-9-7(3-6)8(4-15-9)12(18)10-11(13(19)20)17-5-16-10/h1-5,15H,(H,16,17)(H,19,20). The maximum Gasteiger partial charge on any atom is 0.354 e. The number of fused-ring (bicyclic) bond motifs is 1. The van der Waals surface area contributed by atoms with Gasteiger partial charge in [-0.1, -0.05) is 15.9 Å². The average Bonchev–Trinajstić information content (AvgIpc) is 3.04. The van der Waals surface area contributed by atoms with Crippen LogP contribution in [-0.2, 0) is 0 Å². The maximum absolute atomic E-state index is 12.4. The summed E-state index contributed by atoms with van der Waals surface area (Å²) in [5, 5.41) is 9.73. The lowest BCUT2D eigenvalue weighted by atomic mass is 10.1. The largest absolute Gasteiger partial charge is 0.477 e. The molecule has 3 aromatic rings. The van der Waals surface area contributed by atoms with E-state index in [1.54, 1.807) is 12.3 Å². The van der Waals surface area contributed by atoms with Crippen molar-refractivity contribution < 1.29 is 14.7 Å². The van der Waals surface area contributed by atoms with E-state index in [1.165, 1.54) is 6.33 Å². The molecule has 0 amide bonds. The molecule has 0 aliphatic heterocycles. The molecule has 100 valence electrons. The van der Waals surface area contributed by atoms with Gasteiger partial charge in [-0.3, -0.25) is 4.79 Å². The van der Waals surface area contributed by atoms with Crippen LogP contribution >= 0.6 is 15.9 Å². The van der Waals surface area contributed by atoms with E-state index in [0.717, 1.165) is 9.99 Å². The van der Waals surface area contributed by atoms with E-state index in [2.05, 4.69) is 30.9 Å². The zero-order valence-electron chi connectivity index (χ0n) is 9.98. The van der Waals surface area contributed by atoms with Crippen molar-refractivity contribution in [1.29, 1.82) is 0 Å². The molecule has 0 unspecified atom stereocenters. The molecule has 6 nitrogen and oxygen atoms in total. The molecule has 0 aliphatic carbocycles. The number of ketones is 1. The van der Waals surface area contributed by atoms with Crippen molar-refractivity contribution >= 4 is 38.6 Å². The molecule has 0 fully saturated rings. The Balaban J connectivity index is 2.15. The van der Waals surface area contributed by atoms with E-state index in [9.17, 15) is 9.59 Å². The van der Waals surface area contributed by atoms with Gasteiger partial charge in [-0.25, -0.2) is 9.78 Å². The van der Waals surface area contributed by atoms with Crippen molar-refractivity contribution in [2.75, 3.05) is 0 Å². The second-order valence-electron chi connectivity index (χ2n) is 4.15. The summed E-state index contributed by atoms with van der Waals surface area (Å²) in [4.78, 5) is 32.7. The van der Waals surface area contributed by atoms with Crippen LogP contribution in [0.4, 0.5) is 0 Å². The van der Waals surface area contributed by atoms with Gasteiger partial charge in [-0.15, -0.1) is 0 Å². The van der Waals surface area contributed by atoms with Crippen LogP contribution in [0, 0.1) is 0 Å². The predicted octanol–water partition coefficient (Wildman–Crippen LogP) is 2.58. The van der Waals surface area contributed by atoms with Crippen molar-refractivity contribution in [2.45, 2.75) is 0 Å². The fourth-order valence-corrected chi connectivity index (χ4v) is 2.40. The van der Waals surface area contributed by atoms with Crippen LogP contribution in [0.3, 0.4) is 0 Å². The minimum atomic E-state index is -1.22. The smallest absolute Gasteiger partial charge is 0.354 e. The Morgan fingerprint density at radius 1 is 1.25 bits per heavy atom. The summed E-state index contributed by atoms with van der Waals surface area (Å²) in [6, 6.07) is 5.48. The van der Waals surface area contributed by atoms with Crippen molar-refractivity contribution in [3.63, 3.8) is 0 Å². The summed E-state index contributed by atoms with van der Waals surface area (Å²) in [6.07, 6.45) is 2.75. The van der Waals surface area contributed by atoms with Gasteiger partial charge < -0.3 is 15.1 Å². The lowest BCUT2D eigenvalue weighted by Gasteiger charge is -1.98. The second kappa shape index (κ2) is 4.61. The lowest BCUT2D eigenvalue weighted by molar-refractivity contribution is 0.0687. The van der Waals surface area contributed by atoms with E-state index in [-0.39, 0.29) is 11.4 Å². The highest BCUT2D eigenvalue weighted by atomic mass is 79.9. The molecule has 2 heterocycles. The number of carbonyl (C=O) groups is 2. The molecule has 7 heteroatoms. The number of hydrogen-bond donors (Lipinski definition) is 3. The number of carboxylic acids is 1. The number of imidazole rings is 1. The summed E-state index contributed by atoms with van der Waals surface area (Å²) in [6.45, 7) is 0. The Kier molecular flexibility index (Phi) is 2.90. The van der Waals surface area contributed by atoms with Crippen LogP contribution in [-0.4, -0.2) is 31.8 Å². The van der Waals surface area contributed by atoms with Crippen molar-refractivity contribution in [1.82, 2.24) is 15.0 Å². The number of carbonyl (C=O) groups excluding carboxylic acids is 1. The first-order chi connectivity index (χ1) is 9.58. The molecule has 0 spiro atoms. The van der Waals surface area contributed by atoms with Crippen molar-refractivity contribution in [3.05, 3.63) is 52.1 Å². The van der Waals surface area contributed by atoms with Crippen LogP contribution in [0.2, 0.25) is 0 Å². The fourth-order valence-electron chi connectivity index (χ4n) is 2.04. The highest BCUT2D eigenvalue weighted by molar-refractivity contribution is 9.10. The number of carboxylic acid groups (broad SMARTS) is 1. The van der Waals surface area contributed by atoms with E-state index in [0.29, 0.717) is 10.9 Å². The van der Waals surface area contributed by atoms with Gasteiger partial charge in [0.05, 0.1) is 6.33 Å². The number of aromatic amines is 2. The zero-order chi connectivity index (χ0) is 14.3. The Hall–Kier alpha value is -2.41. The van der Waals surface area contributed by atoms with Crippen LogP contribution in [0.25, 0.3) is 10.9 Å². The predicted molar refractivity (Wildman–Crippen MR) is 75.0 cm³/mol. The molecule has 1 aromatic carbocycles. The van der Waals surface area contributed by atoms with Gasteiger partial charge in [0.15, 0.2) is 5.69 Å². The quantitative estimate of drug-likeness (QED) is 0.641. The second-order valence-corrected chi connectivity index (χ2v) is 5.07. The first-order valence-corrected chi connectivity index (χ1v) is 6.45. The van der Waals surface area contributed by atoms with Gasteiger partial charge in [0.25, 0.3) is 0 Å². The SMILES string of the molecule is O=C(O)c1[nH]cnc1C(=O)c1c[nH]c2ccc(Br)cc12. The molecule has 0 atom stereocenters. The molecule has 0 aliphatic rings. The third-order valence-corrected chi connectivity index (χ3v) is 3.45. The Morgan fingerprint density at radius 2 is 2.05 bits per heavy atom. The number of H-pyrrole nitrogens is 2. The number of benzene rings is 1. The zero-order valence-corrected chi connectivity index (χ0v) is 11.6. The number of halogens is 1. The minimum absolute atomic E-state index is 0.0987. The minimum Gasteiger partial charge on any atom is -0.477 e. The third kappa shape index (κ3) is 1.92. The van der Waals surface area contributed by atoms with E-state index < -0.39 is 11.8 Å². The molecule has 0 saturated heterocycles. The number of rotatable bonds is 3. The van der Waals surface area contributed by atoms with Crippen LogP contribution < -0.4 is 0 Å². The molecule has 3 N–H and O–H groups in total. The molecule has 20 heavy (non-hydrogen) atoms. The highest BCUT2D eigenvalue weighted by Crippen LogP contribution is 2.24. The van der Waals surface area contributed by atoms with Gasteiger partial charge >= 0.3 is 5.97 Å². The van der Waals surface area contributed by atoms with Crippen molar-refractivity contribution in [2.24, 2.45) is 0 Å². The molecular weight excluding hydrogens is 326 g/mol. The van der Waals surface area contributed by atoms with Gasteiger partial charge in [0, 0.05) is 27.1 Å². The molecule has 0 radical (unpaired) electrons. The topological polar surface area (TPSA) is 98.8 Å². The first-order valence-electron chi connectivity index (χ1n) is 5.66. The van der Waals surface area contributed by atoms with Gasteiger partial charge in [-0.2, -0.15) is 0 Å². The summed E-state index contributed by atoms with van der Waals surface area (Å²) in [5.74, 6) is -1.65. The highest BCUT2D eigenvalue weighted by Gasteiger charge is 2.23. The fraction of sp³-hybridized carbons (Fsp3) is 0. The lowest BCUT2D eigenvalue weighted by Crippen LogP contribution is -2.09. The summed E-state index contributed by atoms with van der Waals surface area (Å²) < 4.78 is 0.833. The van der Waals surface area contributed by atoms with Crippen LogP contribution in [0.5, 0.6) is 0 Å². The summed E-state index contributed by atoms with van der Waals surface area (Å²) in [7, 11) is 0. The Morgan fingerprint density at radius 3 is 2.80 bits per heavy atom. The molecule has 0 bridgehead atoms. The van der Waals surface area contributed by atoms with E-state index in [1.807, 2.05) is 12.1 Å². The number of nitrogens with one attached hydrogen (secondary N) is 2. The molecule has 2 aromatic heterocycles. The average molecular weight is 334 g/mol. The monoisotopic (exact) mass is 333 g/mol. The van der Waals surface area contributed by atoms with Crippen LogP contribution in [0.15, 0.2) is 35.2 Å². The van der Waals surface area contributed by atoms with Gasteiger partial charge in [0.1, 0.15) is 5.69 Å². The van der Waals surface area contributed by atoms with Gasteiger partial charge in [0.2, 0.25) is 5.78 Å². The molecule has 0 saturated carbocycles. The number of hydrogen-bond acceptors (Lipinski definition) is 3. The maximum atomic E-state index is 12.4. The molecule has 3 rings (SSSR count). The Labute approximate surface area is 121 Å². The normalized spacial score (nSPS) is 10.8. The van der Waals surface area contributed by atoms with Crippen molar-refractivity contribution in [3.8, 4) is 0 Å². The van der Waals surface area contributed by atoms with E-state index >= 15 is 0 Å². The summed E-state index contributed by atoms with van der Waals surface area (Å²) in [5.41, 5.74) is 0.873.